The molecule has 0 radical (unpaired) electrons. The molecule has 4 heteroatoms. The van der Waals surface area contributed by atoms with Crippen LogP contribution < -0.4 is 5.73 Å². The van der Waals surface area contributed by atoms with E-state index >= 15 is 0 Å². The summed E-state index contributed by atoms with van der Waals surface area (Å²) < 4.78 is 4.89. The largest absolute Gasteiger partial charge is 0.393 e. The molecule has 1 unspecified atom stereocenters. The first-order valence-electron chi connectivity index (χ1n) is 8.06. The average Bonchev–Trinajstić information content (AvgIpc) is 2.48. The van der Waals surface area contributed by atoms with Gasteiger partial charge in [-0.15, -0.1) is 6.58 Å². The molecule has 0 fully saturated rings. The normalized spacial score (nSPS) is 13.5. The molecule has 0 saturated carbocycles. The van der Waals surface area contributed by atoms with Gasteiger partial charge in [0.25, 0.3) is 0 Å². The number of esters is 2. The molecule has 0 rings (SSSR count). The highest BCUT2D eigenvalue weighted by Crippen LogP contribution is 2.21. The second-order valence-corrected chi connectivity index (χ2v) is 5.83. The minimum absolute atomic E-state index is 0.195. The van der Waals surface area contributed by atoms with Crippen molar-refractivity contribution in [2.24, 2.45) is 11.1 Å². The van der Waals surface area contributed by atoms with Gasteiger partial charge < -0.3 is 10.5 Å². The summed E-state index contributed by atoms with van der Waals surface area (Å²) in [5.74, 6) is -0.929. The van der Waals surface area contributed by atoms with Gasteiger partial charge in [0, 0.05) is 13.0 Å². The molecule has 0 bridgehead atoms. The van der Waals surface area contributed by atoms with E-state index in [0.29, 0.717) is 12.8 Å². The fourth-order valence-electron chi connectivity index (χ4n) is 1.91. The van der Waals surface area contributed by atoms with Crippen LogP contribution in [0, 0.1) is 5.41 Å². The molecule has 4 nitrogen and oxygen atoms in total. The fraction of sp³-hybridized carbons (Fsp3) is 0.765. The van der Waals surface area contributed by atoms with Crippen molar-refractivity contribution < 1.29 is 14.3 Å². The average molecular weight is 297 g/mol. The van der Waals surface area contributed by atoms with Crippen LogP contribution in [-0.4, -0.2) is 18.5 Å². The zero-order valence-electron chi connectivity index (χ0n) is 13.7. The number of hydrogen-bond acceptors (Lipinski definition) is 4. The lowest BCUT2D eigenvalue weighted by molar-refractivity contribution is -0.166. The van der Waals surface area contributed by atoms with Gasteiger partial charge in [0.05, 0.1) is 5.41 Å². The molecule has 0 heterocycles. The quantitative estimate of drug-likeness (QED) is 0.258. The summed E-state index contributed by atoms with van der Waals surface area (Å²) in [6, 6.07) is 0. The van der Waals surface area contributed by atoms with Gasteiger partial charge >= 0.3 is 11.9 Å². The van der Waals surface area contributed by atoms with Crippen molar-refractivity contribution in [1.82, 2.24) is 0 Å². The highest BCUT2D eigenvalue weighted by molar-refractivity contribution is 5.88. The van der Waals surface area contributed by atoms with Gasteiger partial charge in [0.15, 0.2) is 0 Å². The van der Waals surface area contributed by atoms with E-state index in [1.165, 1.54) is 19.3 Å². The number of nitrogens with two attached hydrogens (primary N) is 1. The Kier molecular flexibility index (Phi) is 10.9. The van der Waals surface area contributed by atoms with Gasteiger partial charge in [-0.1, -0.05) is 38.7 Å². The Labute approximate surface area is 129 Å². The number of rotatable bonds is 12. The maximum atomic E-state index is 11.8. The third kappa shape index (κ3) is 8.66. The second-order valence-electron chi connectivity index (χ2n) is 5.83. The molecule has 0 aliphatic carbocycles. The zero-order chi connectivity index (χ0) is 16.1. The van der Waals surface area contributed by atoms with Crippen LogP contribution >= 0.6 is 0 Å². The number of hydrogen-bond donors (Lipinski definition) is 1. The van der Waals surface area contributed by atoms with Crippen molar-refractivity contribution in [2.75, 3.05) is 6.54 Å². The van der Waals surface area contributed by atoms with E-state index in [1.54, 1.807) is 6.92 Å². The lowest BCUT2D eigenvalue weighted by Crippen LogP contribution is -2.37. The predicted molar refractivity (Wildman–Crippen MR) is 85.7 cm³/mol. The monoisotopic (exact) mass is 297 g/mol. The van der Waals surface area contributed by atoms with Crippen LogP contribution in [0.4, 0.5) is 0 Å². The Balaban J connectivity index is 3.72. The van der Waals surface area contributed by atoms with Crippen molar-refractivity contribution in [3.8, 4) is 0 Å². The minimum Gasteiger partial charge on any atom is -0.393 e. The molecule has 0 aromatic carbocycles. The molecule has 0 saturated heterocycles. The van der Waals surface area contributed by atoms with Crippen LogP contribution in [0.25, 0.3) is 0 Å². The zero-order valence-corrected chi connectivity index (χ0v) is 13.7. The number of ether oxygens (including phenoxy) is 1. The van der Waals surface area contributed by atoms with Crippen LogP contribution in [-0.2, 0) is 14.3 Å². The SMILES string of the molecule is C=CCCCCCCCCC(=O)OC(=O)C(C)(CC)CN. The van der Waals surface area contributed by atoms with Crippen LogP contribution in [0.2, 0.25) is 0 Å². The summed E-state index contributed by atoms with van der Waals surface area (Å²) in [7, 11) is 0. The van der Waals surface area contributed by atoms with Gasteiger partial charge in [-0.2, -0.15) is 0 Å². The highest BCUT2D eigenvalue weighted by atomic mass is 16.6. The van der Waals surface area contributed by atoms with Gasteiger partial charge in [0.2, 0.25) is 0 Å². The molecular weight excluding hydrogens is 266 g/mol. The Hall–Kier alpha value is -1.16. The van der Waals surface area contributed by atoms with E-state index in [2.05, 4.69) is 6.58 Å². The molecule has 2 N–H and O–H groups in total. The second kappa shape index (κ2) is 11.5. The first-order chi connectivity index (χ1) is 10.00. The Morgan fingerprint density at radius 1 is 1.14 bits per heavy atom. The van der Waals surface area contributed by atoms with E-state index in [-0.39, 0.29) is 6.54 Å². The van der Waals surface area contributed by atoms with Crippen molar-refractivity contribution in [2.45, 2.75) is 71.6 Å². The van der Waals surface area contributed by atoms with Gasteiger partial charge in [-0.25, -0.2) is 0 Å². The van der Waals surface area contributed by atoms with E-state index in [0.717, 1.165) is 25.7 Å². The van der Waals surface area contributed by atoms with Crippen LogP contribution in [0.3, 0.4) is 0 Å². The first-order valence-corrected chi connectivity index (χ1v) is 8.06. The molecule has 0 aliphatic heterocycles. The molecule has 1 atom stereocenters. The van der Waals surface area contributed by atoms with Crippen molar-refractivity contribution >= 4 is 11.9 Å². The van der Waals surface area contributed by atoms with Crippen molar-refractivity contribution in [3.05, 3.63) is 12.7 Å². The Bertz CT molecular complexity index is 322. The number of carbonyl (C=O) groups excluding carboxylic acids is 2. The summed E-state index contributed by atoms with van der Waals surface area (Å²) in [4.78, 5) is 23.5. The first kappa shape index (κ1) is 19.8. The molecule has 0 spiro atoms. The minimum atomic E-state index is -0.749. The molecular formula is C17H31NO3. The Morgan fingerprint density at radius 2 is 1.71 bits per heavy atom. The van der Waals surface area contributed by atoms with Crippen LogP contribution in [0.15, 0.2) is 12.7 Å². The van der Waals surface area contributed by atoms with Crippen LogP contribution in [0.1, 0.15) is 71.6 Å². The summed E-state index contributed by atoms with van der Waals surface area (Å²) >= 11 is 0. The Morgan fingerprint density at radius 3 is 2.24 bits per heavy atom. The molecule has 21 heavy (non-hydrogen) atoms. The van der Waals surface area contributed by atoms with Crippen molar-refractivity contribution in [3.63, 3.8) is 0 Å². The van der Waals surface area contributed by atoms with E-state index < -0.39 is 17.4 Å². The number of unbranched alkanes of at least 4 members (excludes halogenated alkanes) is 6. The molecule has 122 valence electrons. The standard InChI is InChI=1S/C17H31NO3/c1-4-6-7-8-9-10-11-12-13-15(19)21-16(20)17(3,5-2)14-18/h4H,1,5-14,18H2,2-3H3. The third-order valence-electron chi connectivity index (χ3n) is 3.97. The predicted octanol–water partition coefficient (Wildman–Crippen LogP) is 3.74. The summed E-state index contributed by atoms with van der Waals surface area (Å²) in [5, 5.41) is 0. The fourth-order valence-corrected chi connectivity index (χ4v) is 1.91. The molecule has 0 aromatic heterocycles. The number of allylic oxidation sites excluding steroid dienone is 1. The smallest absolute Gasteiger partial charge is 0.320 e. The summed E-state index contributed by atoms with van der Waals surface area (Å²) in [6.07, 6.45) is 10.4. The highest BCUT2D eigenvalue weighted by Gasteiger charge is 2.32. The molecule has 0 aromatic rings. The maximum Gasteiger partial charge on any atom is 0.320 e. The van der Waals surface area contributed by atoms with Crippen molar-refractivity contribution in [1.29, 1.82) is 0 Å². The van der Waals surface area contributed by atoms with Crippen LogP contribution in [0.5, 0.6) is 0 Å². The van der Waals surface area contributed by atoms with Gasteiger partial charge in [-0.3, -0.25) is 9.59 Å². The van der Waals surface area contributed by atoms with E-state index in [9.17, 15) is 9.59 Å². The third-order valence-corrected chi connectivity index (χ3v) is 3.97. The summed E-state index contributed by atoms with van der Waals surface area (Å²) in [5.41, 5.74) is 4.82. The topological polar surface area (TPSA) is 69.4 Å². The molecule has 0 amide bonds. The van der Waals surface area contributed by atoms with Gasteiger partial charge in [-0.05, 0) is 32.6 Å². The molecule has 0 aliphatic rings. The van der Waals surface area contributed by atoms with Gasteiger partial charge in [0.1, 0.15) is 0 Å². The summed E-state index contributed by atoms with van der Waals surface area (Å²) in [6.45, 7) is 7.48. The number of carbonyl (C=O) groups is 2. The lowest BCUT2D eigenvalue weighted by Gasteiger charge is -2.22. The maximum absolute atomic E-state index is 11.8. The lowest BCUT2D eigenvalue weighted by atomic mass is 9.88. The van der Waals surface area contributed by atoms with E-state index in [4.69, 9.17) is 10.5 Å². The van der Waals surface area contributed by atoms with E-state index in [1.807, 2.05) is 13.0 Å².